The van der Waals surface area contributed by atoms with Crippen LogP contribution in [-0.2, 0) is 12.8 Å². The first-order valence-electron chi connectivity index (χ1n) is 6.90. The molecule has 21 heavy (non-hydrogen) atoms. The quantitative estimate of drug-likeness (QED) is 0.884. The number of carboxylic acids is 1. The number of ether oxygens (including phenoxy) is 1. The van der Waals surface area contributed by atoms with Crippen molar-refractivity contribution in [2.24, 2.45) is 0 Å². The fourth-order valence-corrected chi connectivity index (χ4v) is 3.23. The van der Waals surface area contributed by atoms with Gasteiger partial charge in [0.2, 0.25) is 0 Å². The van der Waals surface area contributed by atoms with Crippen molar-refractivity contribution in [1.82, 2.24) is 4.98 Å². The number of rotatable bonds is 6. The van der Waals surface area contributed by atoms with Gasteiger partial charge in [-0.05, 0) is 19.4 Å². The number of carbonyl (C=O) groups is 1. The molecule has 1 heterocycles. The molecule has 1 aromatic heterocycles. The second-order valence-electron chi connectivity index (χ2n) is 4.93. The van der Waals surface area contributed by atoms with E-state index in [-0.39, 0.29) is 0 Å². The molecule has 0 amide bonds. The van der Waals surface area contributed by atoms with Gasteiger partial charge in [-0.25, -0.2) is 9.78 Å². The third kappa shape index (κ3) is 3.61. The Morgan fingerprint density at radius 2 is 2.19 bits per heavy atom. The van der Waals surface area contributed by atoms with Crippen LogP contribution in [0.4, 0.5) is 0 Å². The number of methoxy groups -OCH3 is 1. The molecule has 0 aliphatic rings. The van der Waals surface area contributed by atoms with E-state index in [1.807, 2.05) is 26.0 Å². The van der Waals surface area contributed by atoms with Gasteiger partial charge in [-0.15, -0.1) is 11.3 Å². The second kappa shape index (κ2) is 6.72. The minimum atomic E-state index is -0.890. The summed E-state index contributed by atoms with van der Waals surface area (Å²) in [6, 6.07) is 5.98. The van der Waals surface area contributed by atoms with E-state index in [0.717, 1.165) is 28.3 Å². The van der Waals surface area contributed by atoms with E-state index in [4.69, 9.17) is 4.74 Å². The van der Waals surface area contributed by atoms with Gasteiger partial charge >= 0.3 is 5.97 Å². The fraction of sp³-hybridized carbons (Fsp3) is 0.375. The first-order valence-corrected chi connectivity index (χ1v) is 7.72. The minimum Gasteiger partial charge on any atom is -0.496 e. The normalized spacial score (nSPS) is 10.6. The van der Waals surface area contributed by atoms with E-state index in [1.54, 1.807) is 7.11 Å². The molecule has 0 saturated heterocycles. The predicted octanol–water partition coefficient (Wildman–Crippen LogP) is 3.70. The summed E-state index contributed by atoms with van der Waals surface area (Å²) < 4.78 is 5.37. The number of aromatic carboxylic acids is 1. The van der Waals surface area contributed by atoms with Gasteiger partial charge < -0.3 is 9.84 Å². The number of thiazole rings is 1. The summed E-state index contributed by atoms with van der Waals surface area (Å²) in [6.07, 6.45) is 2.18. The van der Waals surface area contributed by atoms with Crippen molar-refractivity contribution >= 4 is 17.3 Å². The number of benzene rings is 1. The summed E-state index contributed by atoms with van der Waals surface area (Å²) in [6.45, 7) is 4.05. The summed E-state index contributed by atoms with van der Waals surface area (Å²) in [5, 5.41) is 10.1. The Labute approximate surface area is 128 Å². The SMILES string of the molecule is CCCc1nc(Cc2cc(C)ccc2OC)sc1C(=O)O. The molecule has 0 radical (unpaired) electrons. The average molecular weight is 305 g/mol. The molecule has 0 bridgehead atoms. The van der Waals surface area contributed by atoms with Crippen molar-refractivity contribution in [3.63, 3.8) is 0 Å². The molecule has 5 heteroatoms. The lowest BCUT2D eigenvalue weighted by Crippen LogP contribution is -1.98. The molecular formula is C16H19NO3S. The van der Waals surface area contributed by atoms with Crippen LogP contribution < -0.4 is 4.74 Å². The Kier molecular flexibility index (Phi) is 4.96. The molecule has 0 saturated carbocycles. The molecule has 0 atom stereocenters. The summed E-state index contributed by atoms with van der Waals surface area (Å²) in [5.74, 6) is -0.0804. The molecule has 1 aromatic carbocycles. The predicted molar refractivity (Wildman–Crippen MR) is 83.6 cm³/mol. The number of nitrogens with zero attached hydrogens (tertiary/aromatic N) is 1. The van der Waals surface area contributed by atoms with Crippen molar-refractivity contribution in [2.45, 2.75) is 33.1 Å². The monoisotopic (exact) mass is 305 g/mol. The highest BCUT2D eigenvalue weighted by molar-refractivity contribution is 7.13. The van der Waals surface area contributed by atoms with Crippen molar-refractivity contribution in [3.8, 4) is 5.75 Å². The first kappa shape index (κ1) is 15.5. The molecule has 0 fully saturated rings. The van der Waals surface area contributed by atoms with E-state index in [9.17, 15) is 9.90 Å². The highest BCUT2D eigenvalue weighted by Gasteiger charge is 2.17. The van der Waals surface area contributed by atoms with Gasteiger partial charge in [0.1, 0.15) is 10.6 Å². The first-order chi connectivity index (χ1) is 10.0. The summed E-state index contributed by atoms with van der Waals surface area (Å²) in [5.41, 5.74) is 2.87. The van der Waals surface area contributed by atoms with Crippen molar-refractivity contribution in [3.05, 3.63) is 44.9 Å². The lowest BCUT2D eigenvalue weighted by molar-refractivity contribution is 0.0700. The van der Waals surface area contributed by atoms with Crippen LogP contribution in [0, 0.1) is 6.92 Å². The molecule has 0 aliphatic carbocycles. The Bertz CT molecular complexity index is 649. The van der Waals surface area contributed by atoms with Crippen LogP contribution in [-0.4, -0.2) is 23.2 Å². The summed E-state index contributed by atoms with van der Waals surface area (Å²) >= 11 is 1.26. The van der Waals surface area contributed by atoms with Gasteiger partial charge in [0.15, 0.2) is 0 Å². The van der Waals surface area contributed by atoms with Gasteiger partial charge in [-0.3, -0.25) is 0 Å². The molecule has 0 unspecified atom stereocenters. The van der Waals surface area contributed by atoms with Gasteiger partial charge in [0, 0.05) is 12.0 Å². The van der Waals surface area contributed by atoms with Gasteiger partial charge in [0.05, 0.1) is 17.8 Å². The number of hydrogen-bond donors (Lipinski definition) is 1. The maximum Gasteiger partial charge on any atom is 0.347 e. The van der Waals surface area contributed by atoms with E-state index >= 15 is 0 Å². The second-order valence-corrected chi connectivity index (χ2v) is 6.01. The Balaban J connectivity index is 2.33. The molecule has 2 aromatic rings. The van der Waals surface area contributed by atoms with E-state index in [2.05, 4.69) is 11.1 Å². The van der Waals surface area contributed by atoms with Gasteiger partial charge in [-0.1, -0.05) is 31.0 Å². The highest BCUT2D eigenvalue weighted by Crippen LogP contribution is 2.27. The van der Waals surface area contributed by atoms with Crippen LogP contribution in [0.1, 0.15) is 44.8 Å². The topological polar surface area (TPSA) is 59.4 Å². The third-order valence-electron chi connectivity index (χ3n) is 3.20. The van der Waals surface area contributed by atoms with Gasteiger partial charge in [0.25, 0.3) is 0 Å². The lowest BCUT2D eigenvalue weighted by atomic mass is 10.1. The van der Waals surface area contributed by atoms with Crippen LogP contribution in [0.2, 0.25) is 0 Å². The van der Waals surface area contributed by atoms with Crippen molar-refractivity contribution < 1.29 is 14.6 Å². The van der Waals surface area contributed by atoms with Crippen LogP contribution in [0.5, 0.6) is 5.75 Å². The maximum absolute atomic E-state index is 11.3. The fourth-order valence-electron chi connectivity index (χ4n) is 2.26. The van der Waals surface area contributed by atoms with Gasteiger partial charge in [-0.2, -0.15) is 0 Å². The maximum atomic E-state index is 11.3. The summed E-state index contributed by atoms with van der Waals surface area (Å²) in [4.78, 5) is 16.1. The van der Waals surface area contributed by atoms with E-state index < -0.39 is 5.97 Å². The number of hydrogen-bond acceptors (Lipinski definition) is 4. The Morgan fingerprint density at radius 3 is 2.81 bits per heavy atom. The molecule has 0 aliphatic heterocycles. The summed E-state index contributed by atoms with van der Waals surface area (Å²) in [7, 11) is 1.64. The van der Waals surface area contributed by atoms with Crippen LogP contribution in [0.15, 0.2) is 18.2 Å². The smallest absolute Gasteiger partial charge is 0.347 e. The van der Waals surface area contributed by atoms with Crippen molar-refractivity contribution in [1.29, 1.82) is 0 Å². The molecule has 112 valence electrons. The van der Waals surface area contributed by atoms with E-state index in [0.29, 0.717) is 23.4 Å². The lowest BCUT2D eigenvalue weighted by Gasteiger charge is -2.07. The van der Waals surface area contributed by atoms with Crippen LogP contribution in [0.3, 0.4) is 0 Å². The van der Waals surface area contributed by atoms with Crippen LogP contribution in [0.25, 0.3) is 0 Å². The highest BCUT2D eigenvalue weighted by atomic mass is 32.1. The molecular weight excluding hydrogens is 286 g/mol. The zero-order valence-corrected chi connectivity index (χ0v) is 13.3. The zero-order chi connectivity index (χ0) is 15.4. The molecule has 0 spiro atoms. The zero-order valence-electron chi connectivity index (χ0n) is 12.5. The molecule has 2 rings (SSSR count). The molecule has 4 nitrogen and oxygen atoms in total. The number of aromatic nitrogens is 1. The Hall–Kier alpha value is -1.88. The Morgan fingerprint density at radius 1 is 1.43 bits per heavy atom. The number of aryl methyl sites for hydroxylation is 2. The third-order valence-corrected chi connectivity index (χ3v) is 4.29. The largest absolute Gasteiger partial charge is 0.496 e. The number of carboxylic acid groups (broad SMARTS) is 1. The average Bonchev–Trinajstić information content (AvgIpc) is 2.82. The van der Waals surface area contributed by atoms with Crippen molar-refractivity contribution in [2.75, 3.05) is 7.11 Å². The van der Waals surface area contributed by atoms with E-state index in [1.165, 1.54) is 11.3 Å². The molecule has 1 N–H and O–H groups in total. The standard InChI is InChI=1S/C16H19NO3S/c1-4-5-12-15(16(18)19)21-14(17-12)9-11-8-10(2)6-7-13(11)20-3/h6-8H,4-5,9H2,1-3H3,(H,18,19). The minimum absolute atomic E-state index is 0.360. The van der Waals surface area contributed by atoms with Crippen LogP contribution >= 0.6 is 11.3 Å².